The molecule has 1 aromatic carbocycles. The summed E-state index contributed by atoms with van der Waals surface area (Å²) in [7, 11) is 0. The molecule has 0 saturated heterocycles. The van der Waals surface area contributed by atoms with E-state index >= 15 is 0 Å². The first-order valence-corrected chi connectivity index (χ1v) is 7.51. The van der Waals surface area contributed by atoms with E-state index in [1.54, 1.807) is 13.0 Å². The Balaban J connectivity index is 3.07. The average molecular weight is 297 g/mol. The molecule has 0 unspecified atom stereocenters. The molecule has 0 saturated carbocycles. The van der Waals surface area contributed by atoms with Crippen LogP contribution in [0.5, 0.6) is 5.75 Å². The van der Waals surface area contributed by atoms with Crippen LogP contribution in [0.1, 0.15) is 31.1 Å². The van der Waals surface area contributed by atoms with Crippen molar-refractivity contribution in [3.63, 3.8) is 0 Å². The van der Waals surface area contributed by atoms with Crippen molar-refractivity contribution in [2.24, 2.45) is 0 Å². The Labute approximate surface area is 122 Å². The second-order valence-electron chi connectivity index (χ2n) is 4.55. The molecule has 0 spiro atoms. The number of rotatable bonds is 6. The highest BCUT2D eigenvalue weighted by Crippen LogP contribution is 2.27. The molecule has 5 nitrogen and oxygen atoms in total. The molecule has 20 heavy (non-hydrogen) atoms. The summed E-state index contributed by atoms with van der Waals surface area (Å²) in [5.74, 6) is -0.769. The molecule has 0 aliphatic carbocycles. The van der Waals surface area contributed by atoms with Crippen LogP contribution in [0.15, 0.2) is 18.2 Å². The number of thioether (sulfide) groups is 1. The molecule has 1 amide bonds. The summed E-state index contributed by atoms with van der Waals surface area (Å²) in [6, 6.07) is 4.42. The van der Waals surface area contributed by atoms with Crippen molar-refractivity contribution in [1.29, 1.82) is 0 Å². The minimum atomic E-state index is -1.05. The van der Waals surface area contributed by atoms with E-state index in [0.717, 1.165) is 0 Å². The number of aromatic carboxylic acids is 1. The quantitative estimate of drug-likeness (QED) is 0.844. The van der Waals surface area contributed by atoms with E-state index in [-0.39, 0.29) is 22.8 Å². The number of nitrogens with one attached hydrogen (secondary N) is 1. The van der Waals surface area contributed by atoms with E-state index in [1.807, 2.05) is 20.1 Å². The van der Waals surface area contributed by atoms with E-state index in [0.29, 0.717) is 11.4 Å². The highest BCUT2D eigenvalue weighted by atomic mass is 32.2. The summed E-state index contributed by atoms with van der Waals surface area (Å²) in [6.45, 7) is 5.51. The lowest BCUT2D eigenvalue weighted by Gasteiger charge is -2.17. The van der Waals surface area contributed by atoms with Crippen molar-refractivity contribution in [3.8, 4) is 5.75 Å². The molecular formula is C14H19NO4S. The predicted octanol–water partition coefficient (Wildman–Crippen LogP) is 2.86. The van der Waals surface area contributed by atoms with Crippen molar-refractivity contribution in [2.45, 2.75) is 32.1 Å². The Morgan fingerprint density at radius 3 is 2.45 bits per heavy atom. The highest BCUT2D eigenvalue weighted by molar-refractivity contribution is 7.99. The van der Waals surface area contributed by atoms with Gasteiger partial charge in [0.2, 0.25) is 5.91 Å². The lowest BCUT2D eigenvalue weighted by atomic mass is 10.2. The second kappa shape index (κ2) is 7.19. The normalized spacial score (nSPS) is 12.1. The number of anilines is 1. The van der Waals surface area contributed by atoms with Crippen LogP contribution in [0.25, 0.3) is 0 Å². The van der Waals surface area contributed by atoms with E-state index < -0.39 is 5.97 Å². The molecule has 1 atom stereocenters. The number of carbonyl (C=O) groups excluding carboxylic acids is 1. The van der Waals surface area contributed by atoms with Gasteiger partial charge >= 0.3 is 5.97 Å². The third-order valence-corrected chi connectivity index (χ3v) is 3.49. The van der Waals surface area contributed by atoms with Gasteiger partial charge in [-0.25, -0.2) is 4.79 Å². The second-order valence-corrected chi connectivity index (χ2v) is 5.73. The number of ether oxygens (including phenoxy) is 1. The monoisotopic (exact) mass is 297 g/mol. The fourth-order valence-corrected chi connectivity index (χ4v) is 1.73. The minimum Gasteiger partial charge on any atom is -0.489 e. The molecule has 0 bridgehead atoms. The minimum absolute atomic E-state index is 0.0701. The van der Waals surface area contributed by atoms with Crippen LogP contribution in [0.2, 0.25) is 0 Å². The van der Waals surface area contributed by atoms with Crippen molar-refractivity contribution in [2.75, 3.05) is 11.6 Å². The van der Waals surface area contributed by atoms with Gasteiger partial charge in [-0.2, -0.15) is 11.8 Å². The van der Waals surface area contributed by atoms with Crippen molar-refractivity contribution >= 4 is 29.3 Å². The predicted molar refractivity (Wildman–Crippen MR) is 80.8 cm³/mol. The van der Waals surface area contributed by atoms with Crippen LogP contribution in [-0.2, 0) is 4.79 Å². The summed E-state index contributed by atoms with van der Waals surface area (Å²) >= 11 is 1.41. The van der Waals surface area contributed by atoms with Gasteiger partial charge in [-0.1, -0.05) is 0 Å². The van der Waals surface area contributed by atoms with Crippen LogP contribution in [-0.4, -0.2) is 34.6 Å². The molecule has 0 aliphatic rings. The first-order chi connectivity index (χ1) is 9.35. The third kappa shape index (κ3) is 4.45. The molecule has 0 heterocycles. The number of hydrogen-bond donors (Lipinski definition) is 2. The number of amides is 1. The molecule has 2 N–H and O–H groups in total. The third-order valence-electron chi connectivity index (χ3n) is 2.57. The maximum absolute atomic E-state index is 11.9. The molecule has 0 aromatic heterocycles. The molecule has 1 aromatic rings. The Morgan fingerprint density at radius 1 is 1.30 bits per heavy atom. The van der Waals surface area contributed by atoms with E-state index in [1.165, 1.54) is 23.9 Å². The topological polar surface area (TPSA) is 75.6 Å². The summed E-state index contributed by atoms with van der Waals surface area (Å²) in [5, 5.41) is 11.5. The van der Waals surface area contributed by atoms with Gasteiger partial charge in [0, 0.05) is 0 Å². The molecule has 0 fully saturated rings. The molecule has 1 rings (SSSR count). The number of hydrogen-bond acceptors (Lipinski definition) is 4. The van der Waals surface area contributed by atoms with Gasteiger partial charge in [0.05, 0.1) is 22.6 Å². The maximum Gasteiger partial charge on any atom is 0.335 e. The van der Waals surface area contributed by atoms with Gasteiger partial charge in [-0.15, -0.1) is 0 Å². The molecular weight excluding hydrogens is 278 g/mol. The SMILES string of the molecule is CS[C@H](C)C(=O)Nc1cc(C(=O)O)ccc1OC(C)C. The maximum atomic E-state index is 11.9. The van der Waals surface area contributed by atoms with E-state index in [2.05, 4.69) is 5.32 Å². The van der Waals surface area contributed by atoms with Crippen molar-refractivity contribution in [1.82, 2.24) is 0 Å². The Hall–Kier alpha value is -1.69. The Kier molecular flexibility index (Phi) is 5.88. The van der Waals surface area contributed by atoms with Crippen LogP contribution in [0.4, 0.5) is 5.69 Å². The molecule has 0 aliphatic heterocycles. The lowest BCUT2D eigenvalue weighted by molar-refractivity contribution is -0.115. The summed E-state index contributed by atoms with van der Waals surface area (Å²) < 4.78 is 5.58. The highest BCUT2D eigenvalue weighted by Gasteiger charge is 2.16. The zero-order chi connectivity index (χ0) is 15.3. The van der Waals surface area contributed by atoms with Gasteiger partial charge in [0.25, 0.3) is 0 Å². The average Bonchev–Trinajstić information content (AvgIpc) is 2.38. The number of carboxylic acid groups (broad SMARTS) is 1. The summed E-state index contributed by atoms with van der Waals surface area (Å²) in [5.41, 5.74) is 0.484. The van der Waals surface area contributed by atoms with Crippen LogP contribution >= 0.6 is 11.8 Å². The number of carboxylic acids is 1. The zero-order valence-corrected chi connectivity index (χ0v) is 12.8. The first-order valence-electron chi connectivity index (χ1n) is 6.22. The lowest BCUT2D eigenvalue weighted by Crippen LogP contribution is -2.23. The fourth-order valence-electron chi connectivity index (χ4n) is 1.46. The van der Waals surface area contributed by atoms with Crippen LogP contribution in [0, 0.1) is 0 Å². The molecule has 0 radical (unpaired) electrons. The first kappa shape index (κ1) is 16.4. The smallest absolute Gasteiger partial charge is 0.335 e. The van der Waals surface area contributed by atoms with Crippen LogP contribution in [0.3, 0.4) is 0 Å². The molecule has 110 valence electrons. The van der Waals surface area contributed by atoms with E-state index in [4.69, 9.17) is 9.84 Å². The van der Waals surface area contributed by atoms with Gasteiger partial charge in [-0.05, 0) is 45.2 Å². The fraction of sp³-hybridized carbons (Fsp3) is 0.429. The number of benzene rings is 1. The summed E-state index contributed by atoms with van der Waals surface area (Å²) in [4.78, 5) is 22.9. The standard InChI is InChI=1S/C14H19NO4S/c1-8(2)19-12-6-5-10(14(17)18)7-11(12)15-13(16)9(3)20-4/h5-9H,1-4H3,(H,15,16)(H,17,18)/t9-/m1/s1. The van der Waals surface area contributed by atoms with Crippen LogP contribution < -0.4 is 10.1 Å². The summed E-state index contributed by atoms with van der Waals surface area (Å²) in [6.07, 6.45) is 1.77. The Morgan fingerprint density at radius 2 is 1.95 bits per heavy atom. The van der Waals surface area contributed by atoms with Gasteiger partial charge in [0.15, 0.2) is 0 Å². The van der Waals surface area contributed by atoms with Gasteiger partial charge in [-0.3, -0.25) is 4.79 Å². The van der Waals surface area contributed by atoms with E-state index in [9.17, 15) is 9.59 Å². The zero-order valence-electron chi connectivity index (χ0n) is 12.0. The Bertz CT molecular complexity index is 502. The van der Waals surface area contributed by atoms with Gasteiger partial charge < -0.3 is 15.2 Å². The van der Waals surface area contributed by atoms with Crippen molar-refractivity contribution < 1.29 is 19.4 Å². The number of carbonyl (C=O) groups is 2. The van der Waals surface area contributed by atoms with Gasteiger partial charge in [0.1, 0.15) is 5.75 Å². The largest absolute Gasteiger partial charge is 0.489 e. The molecule has 6 heteroatoms. The van der Waals surface area contributed by atoms with Crippen molar-refractivity contribution in [3.05, 3.63) is 23.8 Å².